The number of amides is 1. The number of halogens is 1. The number of methoxy groups -OCH3 is 1. The third-order valence-corrected chi connectivity index (χ3v) is 5.83. The van der Waals surface area contributed by atoms with Gasteiger partial charge in [0, 0.05) is 56.6 Å². The minimum absolute atomic E-state index is 0.0869. The molecule has 0 radical (unpaired) electrons. The number of guanidine groups is 1. The molecule has 31 heavy (non-hydrogen) atoms. The first-order chi connectivity index (χ1) is 14.9. The second-order valence-corrected chi connectivity index (χ2v) is 8.07. The van der Waals surface area contributed by atoms with Gasteiger partial charge in [0.05, 0.1) is 25.4 Å². The number of benzene rings is 1. The Labute approximate surface area is 188 Å². The molecule has 8 nitrogen and oxygen atoms in total. The summed E-state index contributed by atoms with van der Waals surface area (Å²) in [7, 11) is 3.43. The third-order valence-electron chi connectivity index (χ3n) is 5.58. The SMILES string of the molecule is CN=C(NCc1c(C)nn(CCOC)c1C)N1CCN(Cc2ccc(Cl)cc2)C(=O)C1. The normalized spacial score (nSPS) is 15.0. The molecule has 3 rings (SSSR count). The molecule has 1 aliphatic heterocycles. The van der Waals surface area contributed by atoms with Gasteiger partial charge in [-0.1, -0.05) is 23.7 Å². The van der Waals surface area contributed by atoms with Gasteiger partial charge in [0.15, 0.2) is 5.96 Å². The molecule has 0 bridgehead atoms. The number of hydrogen-bond donors (Lipinski definition) is 1. The molecule has 0 aliphatic carbocycles. The number of piperazine rings is 1. The summed E-state index contributed by atoms with van der Waals surface area (Å²) in [5.74, 6) is 0.812. The lowest BCUT2D eigenvalue weighted by atomic mass is 10.2. The molecule has 1 amide bonds. The molecule has 0 spiro atoms. The number of nitrogens with one attached hydrogen (secondary N) is 1. The van der Waals surface area contributed by atoms with Gasteiger partial charge in [0.1, 0.15) is 0 Å². The summed E-state index contributed by atoms with van der Waals surface area (Å²) in [5.41, 5.74) is 4.32. The summed E-state index contributed by atoms with van der Waals surface area (Å²) in [4.78, 5) is 21.0. The maximum atomic E-state index is 12.7. The van der Waals surface area contributed by atoms with E-state index in [1.807, 2.05) is 45.7 Å². The minimum atomic E-state index is 0.0869. The molecule has 0 unspecified atom stereocenters. The summed E-state index contributed by atoms with van der Waals surface area (Å²) < 4.78 is 7.13. The fourth-order valence-electron chi connectivity index (χ4n) is 3.75. The van der Waals surface area contributed by atoms with Crippen LogP contribution in [0, 0.1) is 13.8 Å². The van der Waals surface area contributed by atoms with Gasteiger partial charge in [0.25, 0.3) is 0 Å². The van der Waals surface area contributed by atoms with Crippen LogP contribution in [0.25, 0.3) is 0 Å². The summed E-state index contributed by atoms with van der Waals surface area (Å²) in [6.45, 7) is 8.30. The van der Waals surface area contributed by atoms with Gasteiger partial charge in [-0.15, -0.1) is 0 Å². The van der Waals surface area contributed by atoms with Crippen LogP contribution >= 0.6 is 11.6 Å². The molecular formula is C22H31ClN6O2. The lowest BCUT2D eigenvalue weighted by molar-refractivity contribution is -0.135. The molecule has 1 aromatic heterocycles. The van der Waals surface area contributed by atoms with E-state index in [0.29, 0.717) is 37.8 Å². The number of hydrogen-bond acceptors (Lipinski definition) is 4. The zero-order chi connectivity index (χ0) is 22.4. The van der Waals surface area contributed by atoms with Crippen molar-refractivity contribution in [1.82, 2.24) is 24.9 Å². The zero-order valence-corrected chi connectivity index (χ0v) is 19.4. The van der Waals surface area contributed by atoms with Crippen molar-refractivity contribution >= 4 is 23.5 Å². The minimum Gasteiger partial charge on any atom is -0.383 e. The van der Waals surface area contributed by atoms with Crippen molar-refractivity contribution in [3.05, 3.63) is 51.8 Å². The molecule has 2 aromatic rings. The molecule has 1 aromatic carbocycles. The number of aryl methyl sites for hydroxylation is 1. The first-order valence-electron chi connectivity index (χ1n) is 10.4. The highest BCUT2D eigenvalue weighted by molar-refractivity contribution is 6.30. The van der Waals surface area contributed by atoms with Crippen LogP contribution in [0.3, 0.4) is 0 Å². The van der Waals surface area contributed by atoms with E-state index in [4.69, 9.17) is 16.3 Å². The lowest BCUT2D eigenvalue weighted by Gasteiger charge is -2.36. The molecule has 1 aliphatic rings. The fraction of sp³-hybridized carbons (Fsp3) is 0.500. The Balaban J connectivity index is 1.57. The van der Waals surface area contributed by atoms with Crippen molar-refractivity contribution in [3.8, 4) is 0 Å². The maximum Gasteiger partial charge on any atom is 0.242 e. The molecule has 0 saturated carbocycles. The highest BCUT2D eigenvalue weighted by atomic mass is 35.5. The number of rotatable bonds is 7. The predicted molar refractivity (Wildman–Crippen MR) is 122 cm³/mol. The number of carbonyl (C=O) groups excluding carboxylic acids is 1. The number of nitrogens with zero attached hydrogens (tertiary/aromatic N) is 5. The Hall–Kier alpha value is -2.58. The van der Waals surface area contributed by atoms with Gasteiger partial charge in [-0.05, 0) is 31.5 Å². The van der Waals surface area contributed by atoms with Gasteiger partial charge >= 0.3 is 0 Å². The van der Waals surface area contributed by atoms with E-state index in [2.05, 4.69) is 22.3 Å². The molecule has 1 N–H and O–H groups in total. The van der Waals surface area contributed by atoms with Gasteiger partial charge in [-0.25, -0.2) is 0 Å². The number of carbonyl (C=O) groups is 1. The van der Waals surface area contributed by atoms with Crippen LogP contribution in [0.4, 0.5) is 0 Å². The second kappa shape index (κ2) is 10.6. The van der Waals surface area contributed by atoms with E-state index < -0.39 is 0 Å². The summed E-state index contributed by atoms with van der Waals surface area (Å²) >= 11 is 5.95. The van der Waals surface area contributed by atoms with E-state index in [9.17, 15) is 4.79 Å². The lowest BCUT2D eigenvalue weighted by Crippen LogP contribution is -2.54. The van der Waals surface area contributed by atoms with Gasteiger partial charge < -0.3 is 19.9 Å². The van der Waals surface area contributed by atoms with Crippen LogP contribution in [-0.4, -0.2) is 71.8 Å². The summed E-state index contributed by atoms with van der Waals surface area (Å²) in [5, 5.41) is 8.71. The fourth-order valence-corrected chi connectivity index (χ4v) is 3.88. The van der Waals surface area contributed by atoms with E-state index >= 15 is 0 Å². The first-order valence-corrected chi connectivity index (χ1v) is 10.8. The van der Waals surface area contributed by atoms with Crippen LogP contribution in [-0.2, 0) is 29.2 Å². The molecule has 1 fully saturated rings. The van der Waals surface area contributed by atoms with Crippen molar-refractivity contribution in [1.29, 1.82) is 0 Å². The first kappa shape index (κ1) is 23.1. The molecule has 1 saturated heterocycles. The van der Waals surface area contributed by atoms with E-state index in [-0.39, 0.29) is 5.91 Å². The third kappa shape index (κ3) is 5.77. The van der Waals surface area contributed by atoms with E-state index in [1.54, 1.807) is 14.2 Å². The van der Waals surface area contributed by atoms with Crippen LogP contribution < -0.4 is 5.32 Å². The largest absolute Gasteiger partial charge is 0.383 e. The van der Waals surface area contributed by atoms with Crippen molar-refractivity contribution in [3.63, 3.8) is 0 Å². The number of aliphatic imine (C=N–C) groups is 1. The summed E-state index contributed by atoms with van der Waals surface area (Å²) in [6, 6.07) is 7.62. The average Bonchev–Trinajstić information content (AvgIpc) is 3.03. The van der Waals surface area contributed by atoms with Crippen molar-refractivity contribution in [2.75, 3.05) is 40.4 Å². The Morgan fingerprint density at radius 3 is 2.65 bits per heavy atom. The Morgan fingerprint density at radius 1 is 1.26 bits per heavy atom. The van der Waals surface area contributed by atoms with Gasteiger partial charge in [0.2, 0.25) is 5.91 Å². The number of aromatic nitrogens is 2. The smallest absolute Gasteiger partial charge is 0.242 e. The standard InChI is InChI=1S/C22H31ClN6O2/c1-16-20(17(2)29(26-16)11-12-31-4)13-25-22(24-3)28-10-9-27(21(30)15-28)14-18-5-7-19(23)8-6-18/h5-8H,9-15H2,1-4H3,(H,24,25). The molecular weight excluding hydrogens is 416 g/mol. The zero-order valence-electron chi connectivity index (χ0n) is 18.7. The highest BCUT2D eigenvalue weighted by Gasteiger charge is 2.26. The van der Waals surface area contributed by atoms with E-state index in [1.165, 1.54) is 0 Å². The Bertz CT molecular complexity index is 925. The van der Waals surface area contributed by atoms with Crippen molar-refractivity contribution < 1.29 is 9.53 Å². The van der Waals surface area contributed by atoms with Gasteiger partial charge in [-0.3, -0.25) is 14.5 Å². The second-order valence-electron chi connectivity index (χ2n) is 7.63. The topological polar surface area (TPSA) is 75.0 Å². The number of ether oxygens (including phenoxy) is 1. The molecule has 168 valence electrons. The van der Waals surface area contributed by atoms with Crippen LogP contribution in [0.2, 0.25) is 5.02 Å². The monoisotopic (exact) mass is 446 g/mol. The van der Waals surface area contributed by atoms with Crippen molar-refractivity contribution in [2.45, 2.75) is 33.5 Å². The summed E-state index contributed by atoms with van der Waals surface area (Å²) in [6.07, 6.45) is 0. The molecule has 0 atom stereocenters. The van der Waals surface area contributed by atoms with E-state index in [0.717, 1.165) is 41.6 Å². The van der Waals surface area contributed by atoms with Crippen molar-refractivity contribution in [2.24, 2.45) is 4.99 Å². The predicted octanol–water partition coefficient (Wildman–Crippen LogP) is 2.22. The van der Waals surface area contributed by atoms with Crippen LogP contribution in [0.1, 0.15) is 22.5 Å². The van der Waals surface area contributed by atoms with Crippen LogP contribution in [0.5, 0.6) is 0 Å². The molecule has 2 heterocycles. The Kier molecular flexibility index (Phi) is 7.92. The van der Waals surface area contributed by atoms with Gasteiger partial charge in [-0.2, -0.15) is 5.10 Å². The average molecular weight is 447 g/mol. The molecule has 9 heteroatoms. The quantitative estimate of drug-likeness (QED) is 0.521. The maximum absolute atomic E-state index is 12.7. The van der Waals surface area contributed by atoms with Crippen LogP contribution in [0.15, 0.2) is 29.3 Å². The Morgan fingerprint density at radius 2 is 2.00 bits per heavy atom. The highest BCUT2D eigenvalue weighted by Crippen LogP contribution is 2.15.